The molecule has 2 aromatic carbocycles. The van der Waals surface area contributed by atoms with E-state index in [0.29, 0.717) is 18.7 Å². The topological polar surface area (TPSA) is 75.6 Å². The quantitative estimate of drug-likeness (QED) is 0.855. The first-order valence-electron chi connectivity index (χ1n) is 7.85. The SMILES string of the molecule is Cc1cc(OCc2ccccc2)ccc1NC(=O)C1CC1C(=O)O. The summed E-state index contributed by atoms with van der Waals surface area (Å²) in [7, 11) is 0. The maximum absolute atomic E-state index is 12.0. The van der Waals surface area contributed by atoms with Crippen molar-refractivity contribution in [3.8, 4) is 5.75 Å². The number of benzene rings is 2. The third kappa shape index (κ3) is 3.74. The summed E-state index contributed by atoms with van der Waals surface area (Å²) in [4.78, 5) is 22.9. The van der Waals surface area contributed by atoms with E-state index in [2.05, 4.69) is 5.32 Å². The van der Waals surface area contributed by atoms with Gasteiger partial charge in [0.2, 0.25) is 5.91 Å². The number of ether oxygens (including phenoxy) is 1. The van der Waals surface area contributed by atoms with E-state index >= 15 is 0 Å². The van der Waals surface area contributed by atoms with Crippen molar-refractivity contribution in [2.75, 3.05) is 5.32 Å². The molecule has 0 spiro atoms. The van der Waals surface area contributed by atoms with Crippen LogP contribution in [0.4, 0.5) is 5.69 Å². The Balaban J connectivity index is 1.58. The largest absolute Gasteiger partial charge is 0.489 e. The average Bonchev–Trinajstić information content (AvgIpc) is 3.37. The number of hydrogen-bond donors (Lipinski definition) is 2. The van der Waals surface area contributed by atoms with Gasteiger partial charge in [-0.2, -0.15) is 0 Å². The summed E-state index contributed by atoms with van der Waals surface area (Å²) in [6.45, 7) is 2.36. The summed E-state index contributed by atoms with van der Waals surface area (Å²) in [5.41, 5.74) is 2.64. The number of carbonyl (C=O) groups is 2. The molecule has 1 saturated carbocycles. The highest BCUT2D eigenvalue weighted by atomic mass is 16.5. The van der Waals surface area contributed by atoms with Gasteiger partial charge in [0.05, 0.1) is 11.8 Å². The summed E-state index contributed by atoms with van der Waals surface area (Å²) < 4.78 is 5.75. The minimum Gasteiger partial charge on any atom is -0.489 e. The van der Waals surface area contributed by atoms with E-state index in [1.807, 2.05) is 43.3 Å². The van der Waals surface area contributed by atoms with Crippen LogP contribution >= 0.6 is 0 Å². The van der Waals surface area contributed by atoms with Gasteiger partial charge in [0.25, 0.3) is 0 Å². The molecule has 2 atom stereocenters. The van der Waals surface area contributed by atoms with Gasteiger partial charge in [0, 0.05) is 5.69 Å². The van der Waals surface area contributed by atoms with Crippen molar-refractivity contribution >= 4 is 17.6 Å². The smallest absolute Gasteiger partial charge is 0.307 e. The van der Waals surface area contributed by atoms with Crippen LogP contribution in [0, 0.1) is 18.8 Å². The lowest BCUT2D eigenvalue weighted by atomic mass is 10.1. The first kappa shape index (κ1) is 16.1. The van der Waals surface area contributed by atoms with Crippen molar-refractivity contribution in [1.82, 2.24) is 0 Å². The Morgan fingerprint density at radius 3 is 2.54 bits per heavy atom. The Morgan fingerprint density at radius 2 is 1.92 bits per heavy atom. The Kier molecular flexibility index (Phi) is 4.51. The predicted octanol–water partition coefficient (Wildman–Crippen LogP) is 3.23. The summed E-state index contributed by atoms with van der Waals surface area (Å²) in [6, 6.07) is 15.3. The molecule has 2 N–H and O–H groups in total. The molecule has 1 aliphatic carbocycles. The maximum atomic E-state index is 12.0. The Labute approximate surface area is 140 Å². The van der Waals surface area contributed by atoms with Gasteiger partial charge in [-0.25, -0.2) is 0 Å². The molecule has 5 nitrogen and oxygen atoms in total. The number of aliphatic carboxylic acids is 1. The van der Waals surface area contributed by atoms with Crippen molar-refractivity contribution in [3.63, 3.8) is 0 Å². The molecule has 2 unspecified atom stereocenters. The molecule has 5 heteroatoms. The van der Waals surface area contributed by atoms with Crippen LogP contribution in [0.1, 0.15) is 17.5 Å². The molecule has 124 valence electrons. The molecule has 0 bridgehead atoms. The molecule has 3 rings (SSSR count). The monoisotopic (exact) mass is 325 g/mol. The van der Waals surface area contributed by atoms with E-state index < -0.39 is 17.8 Å². The number of carbonyl (C=O) groups excluding carboxylic acids is 1. The lowest BCUT2D eigenvalue weighted by Crippen LogP contribution is -2.17. The average molecular weight is 325 g/mol. The second-order valence-electron chi connectivity index (χ2n) is 6.03. The Bertz CT molecular complexity index is 757. The fourth-order valence-corrected chi connectivity index (χ4v) is 2.59. The zero-order valence-corrected chi connectivity index (χ0v) is 13.4. The molecule has 1 fully saturated rings. The van der Waals surface area contributed by atoms with Gasteiger partial charge >= 0.3 is 5.97 Å². The van der Waals surface area contributed by atoms with E-state index in [1.165, 1.54) is 0 Å². The number of rotatable bonds is 6. The third-order valence-corrected chi connectivity index (χ3v) is 4.15. The van der Waals surface area contributed by atoms with Crippen molar-refractivity contribution in [2.24, 2.45) is 11.8 Å². The molecule has 0 radical (unpaired) electrons. The second kappa shape index (κ2) is 6.74. The number of anilines is 1. The van der Waals surface area contributed by atoms with Gasteiger partial charge in [-0.05, 0) is 42.7 Å². The molecule has 0 aromatic heterocycles. The standard InChI is InChI=1S/C19H19NO4/c1-12-9-14(24-11-13-5-3-2-4-6-13)7-8-17(12)20-18(21)15-10-16(15)19(22)23/h2-9,15-16H,10-11H2,1H3,(H,20,21)(H,22,23). The van der Waals surface area contributed by atoms with Crippen LogP contribution in [0.25, 0.3) is 0 Å². The van der Waals surface area contributed by atoms with E-state index in [4.69, 9.17) is 9.84 Å². The van der Waals surface area contributed by atoms with Crippen LogP contribution in [-0.4, -0.2) is 17.0 Å². The molecule has 1 aliphatic rings. The second-order valence-corrected chi connectivity index (χ2v) is 6.03. The van der Waals surface area contributed by atoms with Crippen LogP contribution in [0.3, 0.4) is 0 Å². The maximum Gasteiger partial charge on any atom is 0.307 e. The molecular formula is C19H19NO4. The number of carboxylic acids is 1. The number of hydrogen-bond acceptors (Lipinski definition) is 3. The highest BCUT2D eigenvalue weighted by molar-refractivity contribution is 5.98. The van der Waals surface area contributed by atoms with Crippen LogP contribution in [0.15, 0.2) is 48.5 Å². The molecular weight excluding hydrogens is 306 g/mol. The summed E-state index contributed by atoms with van der Waals surface area (Å²) in [5, 5.41) is 11.7. The first-order chi connectivity index (χ1) is 11.5. The van der Waals surface area contributed by atoms with Gasteiger partial charge in [0.15, 0.2) is 0 Å². The van der Waals surface area contributed by atoms with Crippen molar-refractivity contribution < 1.29 is 19.4 Å². The zero-order valence-electron chi connectivity index (χ0n) is 13.4. The number of nitrogens with one attached hydrogen (secondary N) is 1. The number of amides is 1. The van der Waals surface area contributed by atoms with E-state index in [9.17, 15) is 9.59 Å². The van der Waals surface area contributed by atoms with Crippen LogP contribution in [0.5, 0.6) is 5.75 Å². The van der Waals surface area contributed by atoms with E-state index in [-0.39, 0.29) is 5.91 Å². The molecule has 24 heavy (non-hydrogen) atoms. The molecule has 1 amide bonds. The van der Waals surface area contributed by atoms with Crippen LogP contribution in [0.2, 0.25) is 0 Å². The Morgan fingerprint density at radius 1 is 1.17 bits per heavy atom. The lowest BCUT2D eigenvalue weighted by molar-refractivity contribution is -0.139. The third-order valence-electron chi connectivity index (χ3n) is 4.15. The van der Waals surface area contributed by atoms with Gasteiger partial charge in [-0.15, -0.1) is 0 Å². The normalized spacial score (nSPS) is 18.7. The summed E-state index contributed by atoms with van der Waals surface area (Å²) >= 11 is 0. The van der Waals surface area contributed by atoms with E-state index in [0.717, 1.165) is 16.9 Å². The minimum atomic E-state index is -0.906. The van der Waals surface area contributed by atoms with Gasteiger partial charge in [-0.3, -0.25) is 9.59 Å². The minimum absolute atomic E-state index is 0.233. The van der Waals surface area contributed by atoms with Gasteiger partial charge < -0.3 is 15.2 Å². The summed E-state index contributed by atoms with van der Waals surface area (Å²) in [6.07, 6.45) is 0.415. The van der Waals surface area contributed by atoms with Crippen molar-refractivity contribution in [2.45, 2.75) is 20.0 Å². The predicted molar refractivity (Wildman–Crippen MR) is 89.8 cm³/mol. The van der Waals surface area contributed by atoms with Crippen LogP contribution < -0.4 is 10.1 Å². The zero-order chi connectivity index (χ0) is 17.1. The molecule has 0 saturated heterocycles. The fourth-order valence-electron chi connectivity index (χ4n) is 2.59. The number of aryl methyl sites for hydroxylation is 1. The van der Waals surface area contributed by atoms with E-state index in [1.54, 1.807) is 12.1 Å². The highest BCUT2D eigenvalue weighted by Gasteiger charge is 2.48. The number of carboxylic acid groups (broad SMARTS) is 1. The molecule has 0 aliphatic heterocycles. The summed E-state index contributed by atoms with van der Waals surface area (Å²) in [5.74, 6) is -1.38. The van der Waals surface area contributed by atoms with Crippen molar-refractivity contribution in [1.29, 1.82) is 0 Å². The Hall–Kier alpha value is -2.82. The highest BCUT2D eigenvalue weighted by Crippen LogP contribution is 2.39. The van der Waals surface area contributed by atoms with Gasteiger partial charge in [0.1, 0.15) is 12.4 Å². The van der Waals surface area contributed by atoms with Gasteiger partial charge in [-0.1, -0.05) is 30.3 Å². The fraction of sp³-hybridized carbons (Fsp3) is 0.263. The first-order valence-corrected chi connectivity index (χ1v) is 7.85. The van der Waals surface area contributed by atoms with Crippen molar-refractivity contribution in [3.05, 3.63) is 59.7 Å². The van der Waals surface area contributed by atoms with Crippen LogP contribution in [-0.2, 0) is 16.2 Å². The molecule has 2 aromatic rings. The molecule has 0 heterocycles. The lowest BCUT2D eigenvalue weighted by Gasteiger charge is -2.11.